The predicted octanol–water partition coefficient (Wildman–Crippen LogP) is 4.43. The zero-order chi connectivity index (χ0) is 31.2. The van der Waals surface area contributed by atoms with E-state index in [1.807, 2.05) is 39.1 Å². The molecule has 9 nitrogen and oxygen atoms in total. The maximum atomic E-state index is 13.8. The number of hydrogen-bond acceptors (Lipinski definition) is 7. The van der Waals surface area contributed by atoms with Gasteiger partial charge >= 0.3 is 0 Å². The zero-order valence-corrected chi connectivity index (χ0v) is 27.0. The molecule has 2 aliphatic heterocycles. The van der Waals surface area contributed by atoms with Crippen molar-refractivity contribution >= 4 is 11.6 Å². The Labute approximate surface area is 261 Å². The molecule has 44 heavy (non-hydrogen) atoms. The van der Waals surface area contributed by atoms with Gasteiger partial charge in [0, 0.05) is 86.2 Å². The Bertz CT molecular complexity index is 1500. The first kappa shape index (κ1) is 31.9. The third-order valence-corrected chi connectivity index (χ3v) is 9.18. The monoisotopic (exact) mass is 600 g/mol. The summed E-state index contributed by atoms with van der Waals surface area (Å²) in [7, 11) is 2.19. The summed E-state index contributed by atoms with van der Waals surface area (Å²) in [6.07, 6.45) is 5.02. The lowest BCUT2D eigenvalue weighted by atomic mass is 9.95. The first-order valence-electron chi connectivity index (χ1n) is 16.1. The molecule has 0 radical (unpaired) electrons. The largest absolute Gasteiger partial charge is 0.381 e. The summed E-state index contributed by atoms with van der Waals surface area (Å²) >= 11 is 0. The van der Waals surface area contributed by atoms with E-state index in [9.17, 15) is 9.59 Å². The van der Waals surface area contributed by atoms with Gasteiger partial charge in [-0.3, -0.25) is 19.5 Å². The lowest BCUT2D eigenvalue weighted by Gasteiger charge is -2.37. The van der Waals surface area contributed by atoms with Crippen LogP contribution in [-0.4, -0.2) is 84.7 Å². The number of H-pyrrole nitrogens is 1. The Morgan fingerprint density at radius 3 is 2.57 bits per heavy atom. The summed E-state index contributed by atoms with van der Waals surface area (Å²) in [5.74, 6) is -0.191. The Morgan fingerprint density at radius 1 is 1.07 bits per heavy atom. The lowest BCUT2D eigenvalue weighted by molar-refractivity contribution is 0.0846. The number of ether oxygens (including phenoxy) is 1. The van der Waals surface area contributed by atoms with Crippen molar-refractivity contribution < 1.29 is 9.53 Å². The average molecular weight is 601 g/mol. The number of carbonyl (C=O) groups is 1. The van der Waals surface area contributed by atoms with Gasteiger partial charge in [0.05, 0.1) is 5.69 Å². The van der Waals surface area contributed by atoms with Gasteiger partial charge < -0.3 is 24.8 Å². The molecule has 5 rings (SSSR count). The van der Waals surface area contributed by atoms with Gasteiger partial charge in [0.15, 0.2) is 0 Å². The fourth-order valence-electron chi connectivity index (χ4n) is 6.56. The van der Waals surface area contributed by atoms with Crippen LogP contribution in [0.25, 0.3) is 11.1 Å². The SMILES string of the molecule is CCN(c1cc(-c2ccc(CN3CCCN(C)CC3)nc2)cc(C(=O)NCc2c(C)cc(C)[nH]c2=O)c1C)C1CCOCC1. The summed E-state index contributed by atoms with van der Waals surface area (Å²) in [4.78, 5) is 41.4. The third kappa shape index (κ3) is 7.57. The molecule has 0 spiro atoms. The minimum Gasteiger partial charge on any atom is -0.381 e. The van der Waals surface area contributed by atoms with Crippen LogP contribution in [0.3, 0.4) is 0 Å². The number of nitrogens with zero attached hydrogens (tertiary/aromatic N) is 4. The Morgan fingerprint density at radius 2 is 1.86 bits per heavy atom. The number of rotatable bonds is 9. The number of aryl methyl sites for hydroxylation is 2. The lowest BCUT2D eigenvalue weighted by Crippen LogP contribution is -2.40. The van der Waals surface area contributed by atoms with Crippen molar-refractivity contribution in [3.05, 3.63) is 80.5 Å². The molecule has 2 fully saturated rings. The molecule has 9 heteroatoms. The van der Waals surface area contributed by atoms with Crippen molar-refractivity contribution in [3.63, 3.8) is 0 Å². The first-order chi connectivity index (χ1) is 21.2. The van der Waals surface area contributed by atoms with Crippen LogP contribution in [0.4, 0.5) is 5.69 Å². The van der Waals surface area contributed by atoms with Gasteiger partial charge in [-0.2, -0.15) is 0 Å². The van der Waals surface area contributed by atoms with Gasteiger partial charge in [0.25, 0.3) is 11.5 Å². The number of carbonyl (C=O) groups excluding carboxylic acids is 1. The summed E-state index contributed by atoms with van der Waals surface area (Å²) in [6.45, 7) is 15.6. The van der Waals surface area contributed by atoms with Crippen LogP contribution in [0.2, 0.25) is 0 Å². The predicted molar refractivity (Wildman–Crippen MR) is 176 cm³/mol. The van der Waals surface area contributed by atoms with Crippen LogP contribution in [-0.2, 0) is 17.8 Å². The Balaban J connectivity index is 1.44. The van der Waals surface area contributed by atoms with E-state index in [0.717, 1.165) is 105 Å². The van der Waals surface area contributed by atoms with Crippen molar-refractivity contribution in [3.8, 4) is 11.1 Å². The van der Waals surface area contributed by atoms with Gasteiger partial charge in [0.2, 0.25) is 0 Å². The van der Waals surface area contributed by atoms with Crippen LogP contribution in [0.15, 0.2) is 41.3 Å². The second kappa shape index (κ2) is 14.5. The van der Waals surface area contributed by atoms with E-state index in [4.69, 9.17) is 9.72 Å². The second-order valence-corrected chi connectivity index (χ2v) is 12.4. The second-order valence-electron chi connectivity index (χ2n) is 12.4. The minimum atomic E-state index is -0.191. The highest BCUT2D eigenvalue weighted by Crippen LogP contribution is 2.34. The number of amides is 1. The van der Waals surface area contributed by atoms with E-state index in [0.29, 0.717) is 17.2 Å². The van der Waals surface area contributed by atoms with Gasteiger partial charge in [-0.25, -0.2) is 0 Å². The zero-order valence-electron chi connectivity index (χ0n) is 27.0. The van der Waals surface area contributed by atoms with Crippen LogP contribution in [0, 0.1) is 20.8 Å². The van der Waals surface area contributed by atoms with Crippen molar-refractivity contribution in [1.82, 2.24) is 25.1 Å². The van der Waals surface area contributed by atoms with E-state index in [2.05, 4.69) is 57.2 Å². The maximum Gasteiger partial charge on any atom is 0.253 e. The van der Waals surface area contributed by atoms with Crippen molar-refractivity contribution in [2.75, 3.05) is 57.9 Å². The number of aromatic nitrogens is 2. The highest BCUT2D eigenvalue weighted by molar-refractivity contribution is 5.99. The van der Waals surface area contributed by atoms with Gasteiger partial charge in [-0.1, -0.05) is 6.07 Å². The molecular weight excluding hydrogens is 552 g/mol. The quantitative estimate of drug-likeness (QED) is 0.375. The summed E-state index contributed by atoms with van der Waals surface area (Å²) in [5, 5.41) is 3.04. The van der Waals surface area contributed by atoms with Gasteiger partial charge in [-0.05, 0) is 108 Å². The number of aromatic amines is 1. The first-order valence-corrected chi connectivity index (χ1v) is 16.1. The molecule has 1 amide bonds. The number of hydrogen-bond donors (Lipinski definition) is 2. The molecule has 0 atom stereocenters. The molecule has 0 saturated carbocycles. The maximum absolute atomic E-state index is 13.8. The minimum absolute atomic E-state index is 0.163. The smallest absolute Gasteiger partial charge is 0.253 e. The molecule has 2 aliphatic rings. The number of pyridine rings is 2. The molecular formula is C35H48N6O3. The van der Waals surface area contributed by atoms with Crippen LogP contribution in [0.1, 0.15) is 64.6 Å². The van der Waals surface area contributed by atoms with E-state index in [1.54, 1.807) is 0 Å². The normalized spacial score (nSPS) is 16.9. The number of benzene rings is 1. The van der Waals surface area contributed by atoms with Crippen molar-refractivity contribution in [2.24, 2.45) is 0 Å². The third-order valence-electron chi connectivity index (χ3n) is 9.18. The average Bonchev–Trinajstić information content (AvgIpc) is 3.22. The fourth-order valence-corrected chi connectivity index (χ4v) is 6.56. The van der Waals surface area contributed by atoms with Crippen LogP contribution >= 0.6 is 0 Å². The Hall–Kier alpha value is -3.53. The summed E-state index contributed by atoms with van der Waals surface area (Å²) in [5.41, 5.74) is 7.69. The molecule has 2 N–H and O–H groups in total. The molecule has 2 saturated heterocycles. The van der Waals surface area contributed by atoms with Crippen LogP contribution < -0.4 is 15.8 Å². The van der Waals surface area contributed by atoms with Crippen molar-refractivity contribution in [1.29, 1.82) is 0 Å². The summed E-state index contributed by atoms with van der Waals surface area (Å²) in [6, 6.07) is 10.7. The molecule has 0 aliphatic carbocycles. The molecule has 0 unspecified atom stereocenters. The van der Waals surface area contributed by atoms with Gasteiger partial charge in [0.1, 0.15) is 0 Å². The number of anilines is 1. The number of likely N-dealkylation sites (N-methyl/N-ethyl adjacent to an activating group) is 1. The van der Waals surface area contributed by atoms with E-state index >= 15 is 0 Å². The van der Waals surface area contributed by atoms with Crippen molar-refractivity contribution in [2.45, 2.75) is 66.1 Å². The highest BCUT2D eigenvalue weighted by atomic mass is 16.5. The molecule has 2 aromatic heterocycles. The molecule has 3 aromatic rings. The van der Waals surface area contributed by atoms with E-state index < -0.39 is 0 Å². The fraction of sp³-hybridized carbons (Fsp3) is 0.514. The number of nitrogens with one attached hydrogen (secondary N) is 2. The summed E-state index contributed by atoms with van der Waals surface area (Å²) < 4.78 is 5.66. The highest BCUT2D eigenvalue weighted by Gasteiger charge is 2.25. The molecule has 236 valence electrons. The Kier molecular flexibility index (Phi) is 10.5. The van der Waals surface area contributed by atoms with Gasteiger partial charge in [-0.15, -0.1) is 0 Å². The van der Waals surface area contributed by atoms with E-state index in [-0.39, 0.29) is 18.0 Å². The molecule has 1 aromatic carbocycles. The molecule has 0 bridgehead atoms. The van der Waals surface area contributed by atoms with E-state index in [1.165, 1.54) is 6.42 Å². The topological polar surface area (TPSA) is 93.8 Å². The molecule has 4 heterocycles. The standard InChI is InChI=1S/C35H48N6O3/c1-6-41(30-10-16-44-17-11-30)33-20-28(27-8-9-29(36-21-27)23-40-13-7-12-39(5)14-15-40)19-31(26(33)4)34(42)37-22-32-24(2)18-25(3)38-35(32)43/h8-9,18-21,30H,6-7,10-17,22-23H2,1-5H3,(H,37,42)(H,38,43). The van der Waals surface area contributed by atoms with Crippen LogP contribution in [0.5, 0.6) is 0 Å².